The second-order valence-electron chi connectivity index (χ2n) is 13.1. The molecular weight excluding hydrogens is 639 g/mol. The fourth-order valence-corrected chi connectivity index (χ4v) is 6.58. The molecule has 0 spiro atoms. The van der Waals surface area contributed by atoms with Gasteiger partial charge in [0.1, 0.15) is 17.9 Å². The summed E-state index contributed by atoms with van der Waals surface area (Å²) in [6.07, 6.45) is 5.07. The Kier molecular flexibility index (Phi) is 11.3. The fourth-order valence-electron chi connectivity index (χ4n) is 6.58. The van der Waals surface area contributed by atoms with Crippen LogP contribution in [0, 0.1) is 11.7 Å². The number of alkyl halides is 2. The molecule has 49 heavy (non-hydrogen) atoms. The zero-order valence-corrected chi connectivity index (χ0v) is 28.0. The average molecular weight is 684 g/mol. The first kappa shape index (κ1) is 35.8. The Morgan fingerprint density at radius 1 is 1.00 bits per heavy atom. The highest BCUT2D eigenvalue weighted by Crippen LogP contribution is 2.33. The van der Waals surface area contributed by atoms with Crippen LogP contribution in [-0.4, -0.2) is 88.9 Å². The molecule has 4 N–H and O–H groups in total. The van der Waals surface area contributed by atoms with Crippen molar-refractivity contribution < 1.29 is 32.3 Å². The van der Waals surface area contributed by atoms with Gasteiger partial charge in [-0.05, 0) is 55.6 Å². The first-order chi connectivity index (χ1) is 23.4. The number of piperazine rings is 1. The molecule has 5 rings (SSSR count). The number of hydrogen-bond donors (Lipinski definition) is 4. The van der Waals surface area contributed by atoms with Gasteiger partial charge in [0.15, 0.2) is 0 Å². The molecular formula is C35H44F3N7O4. The van der Waals surface area contributed by atoms with Crippen LogP contribution in [0.5, 0.6) is 0 Å². The van der Waals surface area contributed by atoms with Crippen LogP contribution in [0.4, 0.5) is 18.9 Å². The Hall–Kier alpha value is -4.46. The summed E-state index contributed by atoms with van der Waals surface area (Å²) in [5.74, 6) is -8.80. The lowest BCUT2D eigenvalue weighted by atomic mass is 9.83. The van der Waals surface area contributed by atoms with E-state index in [1.54, 1.807) is 24.8 Å². The van der Waals surface area contributed by atoms with Crippen molar-refractivity contribution in [1.82, 2.24) is 30.6 Å². The molecule has 264 valence electrons. The first-order valence-corrected chi connectivity index (χ1v) is 16.9. The van der Waals surface area contributed by atoms with Gasteiger partial charge < -0.3 is 25.8 Å². The molecule has 0 bridgehead atoms. The zero-order valence-electron chi connectivity index (χ0n) is 28.0. The number of halogens is 3. The molecule has 3 atom stereocenters. The van der Waals surface area contributed by atoms with Crippen LogP contribution in [-0.2, 0) is 25.1 Å². The van der Waals surface area contributed by atoms with E-state index in [-0.39, 0.29) is 23.9 Å². The lowest BCUT2D eigenvalue weighted by Crippen LogP contribution is -2.55. The monoisotopic (exact) mass is 683 g/mol. The third-order valence-electron chi connectivity index (χ3n) is 9.77. The van der Waals surface area contributed by atoms with Crippen LogP contribution in [0.25, 0.3) is 10.9 Å². The van der Waals surface area contributed by atoms with Crippen LogP contribution in [0.1, 0.15) is 69.4 Å². The molecule has 11 nitrogen and oxygen atoms in total. The van der Waals surface area contributed by atoms with Crippen molar-refractivity contribution in [3.05, 3.63) is 59.5 Å². The molecule has 0 unspecified atom stereocenters. The van der Waals surface area contributed by atoms with Gasteiger partial charge in [0.2, 0.25) is 17.7 Å². The Balaban J connectivity index is 1.33. The molecule has 3 aromatic rings. The lowest BCUT2D eigenvalue weighted by molar-refractivity contribution is -0.149. The van der Waals surface area contributed by atoms with Crippen LogP contribution in [0.15, 0.2) is 42.6 Å². The molecule has 1 saturated carbocycles. The van der Waals surface area contributed by atoms with Crippen molar-refractivity contribution in [1.29, 1.82) is 0 Å². The van der Waals surface area contributed by atoms with E-state index in [2.05, 4.69) is 31.0 Å². The van der Waals surface area contributed by atoms with Gasteiger partial charge in [-0.1, -0.05) is 45.2 Å². The molecule has 2 heterocycles. The summed E-state index contributed by atoms with van der Waals surface area (Å²) in [4.78, 5) is 56.4. The van der Waals surface area contributed by atoms with Gasteiger partial charge in [0.25, 0.3) is 5.91 Å². The number of anilines is 1. The average Bonchev–Trinajstić information content (AvgIpc) is 3.58. The van der Waals surface area contributed by atoms with E-state index in [1.807, 2.05) is 7.05 Å². The maximum atomic E-state index is 15.6. The van der Waals surface area contributed by atoms with Crippen molar-refractivity contribution in [2.24, 2.45) is 5.92 Å². The van der Waals surface area contributed by atoms with Gasteiger partial charge in [0, 0.05) is 49.5 Å². The summed E-state index contributed by atoms with van der Waals surface area (Å²) in [5, 5.41) is 14.5. The first-order valence-electron chi connectivity index (χ1n) is 16.9. The highest BCUT2D eigenvalue weighted by Gasteiger charge is 2.44. The highest BCUT2D eigenvalue weighted by atomic mass is 19.3. The minimum absolute atomic E-state index is 0.169. The second kappa shape index (κ2) is 15.4. The number of hydrogen-bond acceptors (Lipinski definition) is 6. The number of nitrogens with zero attached hydrogens (tertiary/aromatic N) is 3. The van der Waals surface area contributed by atoms with Crippen LogP contribution in [0.3, 0.4) is 0 Å². The molecule has 1 saturated heterocycles. The maximum Gasteiger partial charge on any atom is 0.349 e. The van der Waals surface area contributed by atoms with E-state index in [4.69, 9.17) is 0 Å². The van der Waals surface area contributed by atoms with E-state index in [0.717, 1.165) is 25.3 Å². The van der Waals surface area contributed by atoms with Crippen LogP contribution < -0.4 is 16.0 Å². The Labute approximate surface area is 283 Å². The minimum Gasteiger partial charge on any atom is -0.344 e. The number of nitrogens with one attached hydrogen (secondary N) is 4. The lowest BCUT2D eigenvalue weighted by Gasteiger charge is -2.36. The van der Waals surface area contributed by atoms with Gasteiger partial charge in [-0.3, -0.25) is 24.3 Å². The number of carbonyl (C=O) groups excluding carboxylic acids is 4. The van der Waals surface area contributed by atoms with Gasteiger partial charge in [0.05, 0.1) is 17.4 Å². The number of rotatable bonds is 11. The van der Waals surface area contributed by atoms with Gasteiger partial charge in [-0.15, -0.1) is 0 Å². The van der Waals surface area contributed by atoms with Gasteiger partial charge in [-0.25, -0.2) is 4.39 Å². The number of amides is 4. The predicted molar refractivity (Wildman–Crippen MR) is 178 cm³/mol. The van der Waals surface area contributed by atoms with Gasteiger partial charge >= 0.3 is 5.92 Å². The van der Waals surface area contributed by atoms with E-state index in [9.17, 15) is 19.2 Å². The fraction of sp³-hybridized carbons (Fsp3) is 0.514. The largest absolute Gasteiger partial charge is 0.349 e. The van der Waals surface area contributed by atoms with Crippen molar-refractivity contribution in [2.75, 3.05) is 38.5 Å². The number of benzene rings is 2. The van der Waals surface area contributed by atoms with Crippen LogP contribution >= 0.6 is 0 Å². The molecule has 1 aliphatic heterocycles. The summed E-state index contributed by atoms with van der Waals surface area (Å²) in [6, 6.07) is 5.53. The summed E-state index contributed by atoms with van der Waals surface area (Å²) >= 11 is 0. The summed E-state index contributed by atoms with van der Waals surface area (Å²) in [7, 11) is 1.97. The number of aromatic nitrogens is 2. The molecule has 14 heteroatoms. The number of carbonyl (C=O) groups is 4. The van der Waals surface area contributed by atoms with Crippen molar-refractivity contribution in [2.45, 2.75) is 76.3 Å². The smallest absolute Gasteiger partial charge is 0.344 e. The highest BCUT2D eigenvalue weighted by molar-refractivity contribution is 5.99. The third-order valence-corrected chi connectivity index (χ3v) is 9.77. The van der Waals surface area contributed by atoms with Crippen molar-refractivity contribution in [3.8, 4) is 0 Å². The number of H-pyrrole nitrogens is 1. The number of likely N-dealkylation sites (N-methyl/N-ethyl adjacent to an activating group) is 1. The quantitative estimate of drug-likeness (QED) is 0.238. The zero-order chi connectivity index (χ0) is 35.3. The molecule has 2 aromatic carbocycles. The third kappa shape index (κ3) is 8.23. The van der Waals surface area contributed by atoms with Crippen molar-refractivity contribution >= 4 is 40.2 Å². The Morgan fingerprint density at radius 2 is 1.71 bits per heavy atom. The Bertz CT molecular complexity index is 1670. The maximum absolute atomic E-state index is 15.6. The summed E-state index contributed by atoms with van der Waals surface area (Å²) in [6.45, 7) is 5.80. The molecule has 1 aromatic heterocycles. The summed E-state index contributed by atoms with van der Waals surface area (Å²) < 4.78 is 46.5. The number of aromatic amines is 1. The van der Waals surface area contributed by atoms with E-state index >= 15 is 13.2 Å². The SMILES string of the molecule is CCC(=O)N[C@@H](C(=O)N1CCN(C)CC1)[C@@H](C)c1ccc(NC(=O)[C@@H](NC(=O)C(F)(F)c2ccc3[nH]ncc3c2)C2CCCCC2)c(F)c1. The standard InChI is InChI=1S/C35H44F3N7O4/c1-4-29(46)41-30(33(48)45-16-14-44(3)15-17-45)21(2)23-10-12-28(26(36)19-23)40-32(47)31(22-8-6-5-7-9-22)42-34(49)35(37,38)25-11-13-27-24(18-25)20-39-43-27/h10-13,18-22,30-31H,4-9,14-17H2,1-3H3,(H,39,43)(H,40,47)(H,41,46)(H,42,49)/t21-,30+,31-/m0/s1. The van der Waals surface area contributed by atoms with E-state index in [1.165, 1.54) is 30.5 Å². The predicted octanol–water partition coefficient (Wildman–Crippen LogP) is 4.27. The Morgan fingerprint density at radius 3 is 2.39 bits per heavy atom. The normalized spacial score (nSPS) is 18.0. The molecule has 2 aliphatic rings. The number of fused-ring (bicyclic) bond motifs is 1. The van der Waals surface area contributed by atoms with Crippen molar-refractivity contribution in [3.63, 3.8) is 0 Å². The summed E-state index contributed by atoms with van der Waals surface area (Å²) in [5.41, 5.74) is 0.208. The molecule has 1 aliphatic carbocycles. The van der Waals surface area contributed by atoms with E-state index < -0.39 is 53.0 Å². The minimum atomic E-state index is -3.95. The molecule has 0 radical (unpaired) electrons. The molecule has 4 amide bonds. The molecule has 2 fully saturated rings. The van der Waals surface area contributed by atoms with E-state index in [0.29, 0.717) is 55.5 Å². The topological polar surface area (TPSA) is 140 Å². The van der Waals surface area contributed by atoms with Crippen LogP contribution in [0.2, 0.25) is 0 Å². The van der Waals surface area contributed by atoms with Gasteiger partial charge in [-0.2, -0.15) is 13.9 Å². The second-order valence-corrected chi connectivity index (χ2v) is 13.1.